The lowest BCUT2D eigenvalue weighted by molar-refractivity contribution is -0.139. The zero-order valence-corrected chi connectivity index (χ0v) is 24.9. The van der Waals surface area contributed by atoms with Crippen molar-refractivity contribution in [3.8, 4) is 5.75 Å². The molecule has 1 atom stereocenters. The summed E-state index contributed by atoms with van der Waals surface area (Å²) in [7, 11) is -4.13. The molecule has 0 fully saturated rings. The maximum atomic E-state index is 13.9. The molecule has 1 N–H and O–H groups in total. The molecule has 0 spiro atoms. The molecule has 0 saturated heterocycles. The van der Waals surface area contributed by atoms with Crippen LogP contribution in [0.1, 0.15) is 33.3 Å². The van der Waals surface area contributed by atoms with Gasteiger partial charge in [-0.15, -0.1) is 0 Å². The summed E-state index contributed by atoms with van der Waals surface area (Å²) in [5.41, 5.74) is 1.14. The standard InChI is InChI=1S/C29H34BrN3O5S/c1-5-38-26-15-17-27(18-16-26)39(36,37)33(25-9-7-6-8-10-25)20-28(34)32(22(4)29(35)31-21(2)3)19-23-11-13-24(30)14-12-23/h6-18,21-22H,5,19-20H2,1-4H3,(H,31,35)/t22-/m1/s1. The fourth-order valence-electron chi connectivity index (χ4n) is 3.90. The molecule has 0 heterocycles. The number of halogens is 1. The van der Waals surface area contributed by atoms with E-state index in [0.717, 1.165) is 14.3 Å². The Hall–Kier alpha value is -3.37. The topological polar surface area (TPSA) is 96.0 Å². The van der Waals surface area contributed by atoms with Crippen LogP contribution in [-0.2, 0) is 26.2 Å². The SMILES string of the molecule is CCOc1ccc(S(=O)(=O)N(CC(=O)N(Cc2ccc(Br)cc2)[C@H](C)C(=O)NC(C)C)c2ccccc2)cc1. The van der Waals surface area contributed by atoms with Crippen LogP contribution in [0.5, 0.6) is 5.75 Å². The first-order chi connectivity index (χ1) is 18.5. The third-order valence-corrected chi connectivity index (χ3v) is 8.23. The fourth-order valence-corrected chi connectivity index (χ4v) is 5.58. The van der Waals surface area contributed by atoms with Crippen molar-refractivity contribution in [1.29, 1.82) is 0 Å². The first-order valence-electron chi connectivity index (χ1n) is 12.7. The molecule has 3 aromatic carbocycles. The Bertz CT molecular complexity index is 1350. The van der Waals surface area contributed by atoms with E-state index < -0.39 is 28.5 Å². The average molecular weight is 617 g/mol. The van der Waals surface area contributed by atoms with Crippen LogP contribution in [0.25, 0.3) is 0 Å². The van der Waals surface area contributed by atoms with Crippen LogP contribution in [0.15, 0.2) is 88.2 Å². The molecule has 0 aromatic heterocycles. The number of amides is 2. The summed E-state index contributed by atoms with van der Waals surface area (Å²) in [5, 5.41) is 2.85. The van der Waals surface area contributed by atoms with Crippen LogP contribution in [0.4, 0.5) is 5.69 Å². The number of ether oxygens (including phenoxy) is 1. The second-order valence-corrected chi connectivity index (χ2v) is 12.0. The van der Waals surface area contributed by atoms with Crippen LogP contribution in [0.3, 0.4) is 0 Å². The summed E-state index contributed by atoms with van der Waals surface area (Å²) in [4.78, 5) is 28.2. The van der Waals surface area contributed by atoms with Gasteiger partial charge in [0.05, 0.1) is 17.2 Å². The largest absolute Gasteiger partial charge is 0.494 e. The maximum absolute atomic E-state index is 13.9. The number of benzene rings is 3. The predicted molar refractivity (Wildman–Crippen MR) is 156 cm³/mol. The van der Waals surface area contributed by atoms with Gasteiger partial charge in [0, 0.05) is 17.1 Å². The molecule has 2 amide bonds. The van der Waals surface area contributed by atoms with Gasteiger partial charge in [-0.25, -0.2) is 8.42 Å². The number of rotatable bonds is 12. The highest BCUT2D eigenvalue weighted by Gasteiger charge is 2.32. The Morgan fingerprint density at radius 3 is 2.10 bits per heavy atom. The maximum Gasteiger partial charge on any atom is 0.264 e. The normalized spacial score (nSPS) is 12.1. The van der Waals surface area contributed by atoms with Gasteiger partial charge < -0.3 is 15.0 Å². The first kappa shape index (κ1) is 30.2. The van der Waals surface area contributed by atoms with Crippen molar-refractivity contribution >= 4 is 43.5 Å². The van der Waals surface area contributed by atoms with E-state index in [1.165, 1.54) is 17.0 Å². The minimum absolute atomic E-state index is 0.0210. The highest BCUT2D eigenvalue weighted by atomic mass is 79.9. The molecular formula is C29H34BrN3O5S. The summed E-state index contributed by atoms with van der Waals surface area (Å²) >= 11 is 3.41. The van der Waals surface area contributed by atoms with Crippen LogP contribution in [0.2, 0.25) is 0 Å². The van der Waals surface area contributed by atoms with Gasteiger partial charge in [0.25, 0.3) is 10.0 Å². The first-order valence-corrected chi connectivity index (χ1v) is 14.9. The molecular weight excluding hydrogens is 582 g/mol. The van der Waals surface area contributed by atoms with Gasteiger partial charge in [-0.05, 0) is 81.8 Å². The molecule has 8 nitrogen and oxygen atoms in total. The van der Waals surface area contributed by atoms with Gasteiger partial charge in [-0.2, -0.15) is 0 Å². The van der Waals surface area contributed by atoms with E-state index in [1.54, 1.807) is 49.4 Å². The Labute approximate surface area is 239 Å². The lowest BCUT2D eigenvalue weighted by Gasteiger charge is -2.32. The van der Waals surface area contributed by atoms with Gasteiger partial charge in [-0.3, -0.25) is 13.9 Å². The molecule has 3 aromatic rings. The second-order valence-electron chi connectivity index (χ2n) is 9.24. The average Bonchev–Trinajstić information content (AvgIpc) is 2.91. The molecule has 0 aliphatic heterocycles. The summed E-state index contributed by atoms with van der Waals surface area (Å²) in [6.07, 6.45) is 0. The van der Waals surface area contributed by atoms with E-state index in [9.17, 15) is 18.0 Å². The molecule has 0 saturated carbocycles. The highest BCUT2D eigenvalue weighted by Crippen LogP contribution is 2.26. The molecule has 208 valence electrons. The molecule has 0 unspecified atom stereocenters. The van der Waals surface area contributed by atoms with Crippen LogP contribution in [0, 0.1) is 0 Å². The number of anilines is 1. The highest BCUT2D eigenvalue weighted by molar-refractivity contribution is 9.10. The molecule has 0 radical (unpaired) electrons. The van der Waals surface area contributed by atoms with E-state index >= 15 is 0 Å². The van der Waals surface area contributed by atoms with Crippen molar-refractivity contribution in [3.05, 3.63) is 88.9 Å². The fraction of sp³-hybridized carbons (Fsp3) is 0.310. The van der Waals surface area contributed by atoms with Crippen molar-refractivity contribution in [2.24, 2.45) is 0 Å². The molecule has 0 aliphatic carbocycles. The van der Waals surface area contributed by atoms with Gasteiger partial charge in [-0.1, -0.05) is 46.3 Å². The zero-order chi connectivity index (χ0) is 28.6. The molecule has 0 bridgehead atoms. The van der Waals surface area contributed by atoms with Gasteiger partial charge in [0.1, 0.15) is 18.3 Å². The van der Waals surface area contributed by atoms with E-state index in [-0.39, 0.29) is 23.4 Å². The van der Waals surface area contributed by atoms with Crippen LogP contribution in [-0.4, -0.2) is 50.4 Å². The van der Waals surface area contributed by atoms with Crippen molar-refractivity contribution < 1.29 is 22.7 Å². The zero-order valence-electron chi connectivity index (χ0n) is 22.5. The molecule has 39 heavy (non-hydrogen) atoms. The summed E-state index contributed by atoms with van der Waals surface area (Å²) in [6, 6.07) is 21.0. The summed E-state index contributed by atoms with van der Waals surface area (Å²) < 4.78 is 35.1. The number of para-hydroxylation sites is 1. The van der Waals surface area contributed by atoms with E-state index in [4.69, 9.17) is 4.74 Å². The third-order valence-electron chi connectivity index (χ3n) is 5.91. The van der Waals surface area contributed by atoms with Crippen molar-refractivity contribution in [1.82, 2.24) is 10.2 Å². The van der Waals surface area contributed by atoms with Crippen LogP contribution >= 0.6 is 15.9 Å². The number of carbonyl (C=O) groups is 2. The lowest BCUT2D eigenvalue weighted by Crippen LogP contribution is -2.52. The molecule has 3 rings (SSSR count). The van der Waals surface area contributed by atoms with Gasteiger partial charge in [0.15, 0.2) is 0 Å². The third kappa shape index (κ3) is 8.06. The Morgan fingerprint density at radius 2 is 1.54 bits per heavy atom. The summed E-state index contributed by atoms with van der Waals surface area (Å²) in [5.74, 6) is -0.289. The van der Waals surface area contributed by atoms with Gasteiger partial charge in [0.2, 0.25) is 11.8 Å². The Kier molecular flexibility index (Phi) is 10.5. The van der Waals surface area contributed by atoms with E-state index in [1.807, 2.05) is 45.0 Å². The summed E-state index contributed by atoms with van der Waals surface area (Å²) in [6.45, 7) is 7.25. The minimum Gasteiger partial charge on any atom is -0.494 e. The van der Waals surface area contributed by atoms with E-state index in [2.05, 4.69) is 21.2 Å². The number of nitrogens with one attached hydrogen (secondary N) is 1. The lowest BCUT2D eigenvalue weighted by atomic mass is 10.1. The molecule has 10 heteroatoms. The number of carbonyl (C=O) groups excluding carboxylic acids is 2. The Morgan fingerprint density at radius 1 is 0.923 bits per heavy atom. The number of hydrogen-bond donors (Lipinski definition) is 1. The minimum atomic E-state index is -4.13. The number of hydrogen-bond acceptors (Lipinski definition) is 5. The second kappa shape index (κ2) is 13.6. The smallest absolute Gasteiger partial charge is 0.264 e. The van der Waals surface area contributed by atoms with Crippen molar-refractivity contribution in [2.75, 3.05) is 17.5 Å². The van der Waals surface area contributed by atoms with Crippen molar-refractivity contribution in [2.45, 2.75) is 51.2 Å². The quantitative estimate of drug-likeness (QED) is 0.310. The number of nitrogens with zero attached hydrogens (tertiary/aromatic N) is 2. The van der Waals surface area contributed by atoms with E-state index in [0.29, 0.717) is 18.0 Å². The predicted octanol–water partition coefficient (Wildman–Crippen LogP) is 4.99. The molecule has 0 aliphatic rings. The Balaban J connectivity index is 1.99. The van der Waals surface area contributed by atoms with Crippen LogP contribution < -0.4 is 14.4 Å². The number of sulfonamides is 1. The van der Waals surface area contributed by atoms with Crippen molar-refractivity contribution in [3.63, 3.8) is 0 Å². The monoisotopic (exact) mass is 615 g/mol. The van der Waals surface area contributed by atoms with Gasteiger partial charge >= 0.3 is 0 Å².